The fourth-order valence-electron chi connectivity index (χ4n) is 2.45. The molecule has 1 amide bonds. The second-order valence-corrected chi connectivity index (χ2v) is 5.30. The molecule has 2 N–H and O–H groups in total. The molecule has 0 spiro atoms. The maximum Gasteiger partial charge on any atom is 0.408 e. The zero-order valence-electron chi connectivity index (χ0n) is 11.6. The van der Waals surface area contributed by atoms with Crippen molar-refractivity contribution in [3.05, 3.63) is 35.9 Å². The van der Waals surface area contributed by atoms with E-state index in [1.54, 1.807) is 30.3 Å². The molecule has 2 unspecified atom stereocenters. The number of hydrogen-bond donors (Lipinski definition) is 2. The van der Waals surface area contributed by atoms with Gasteiger partial charge >= 0.3 is 6.18 Å². The summed E-state index contributed by atoms with van der Waals surface area (Å²) in [5.74, 6) is -0.562. The number of benzene rings is 1. The summed E-state index contributed by atoms with van der Waals surface area (Å²) in [5, 5.41) is 5.11. The van der Waals surface area contributed by atoms with Gasteiger partial charge in [-0.2, -0.15) is 13.2 Å². The van der Waals surface area contributed by atoms with E-state index in [0.29, 0.717) is 18.5 Å². The van der Waals surface area contributed by atoms with Gasteiger partial charge in [0.1, 0.15) is 6.04 Å². The topological polar surface area (TPSA) is 41.1 Å². The van der Waals surface area contributed by atoms with Gasteiger partial charge in [0, 0.05) is 6.42 Å². The Labute approximate surface area is 121 Å². The molecule has 1 aliphatic rings. The van der Waals surface area contributed by atoms with Crippen LogP contribution in [0.5, 0.6) is 0 Å². The van der Waals surface area contributed by atoms with Crippen molar-refractivity contribution in [2.24, 2.45) is 0 Å². The molecule has 2 rings (SSSR count). The predicted molar refractivity (Wildman–Crippen MR) is 73.8 cm³/mol. The lowest BCUT2D eigenvalue weighted by molar-refractivity contribution is -0.162. The summed E-state index contributed by atoms with van der Waals surface area (Å²) >= 11 is 0. The third-order valence-corrected chi connectivity index (χ3v) is 3.62. The smallest absolute Gasteiger partial charge is 0.343 e. The van der Waals surface area contributed by atoms with E-state index in [1.165, 1.54) is 0 Å². The van der Waals surface area contributed by atoms with E-state index in [2.05, 4.69) is 10.6 Å². The monoisotopic (exact) mass is 300 g/mol. The highest BCUT2D eigenvalue weighted by molar-refractivity contribution is 5.82. The quantitative estimate of drug-likeness (QED) is 0.896. The molecule has 0 radical (unpaired) electrons. The van der Waals surface area contributed by atoms with Gasteiger partial charge in [0.15, 0.2) is 0 Å². The van der Waals surface area contributed by atoms with Crippen molar-refractivity contribution in [2.45, 2.75) is 43.9 Å². The summed E-state index contributed by atoms with van der Waals surface area (Å²) < 4.78 is 39.3. The van der Waals surface area contributed by atoms with Gasteiger partial charge in [0.2, 0.25) is 5.91 Å². The number of amides is 1. The standard InChI is InChI=1S/C15H19F3N2O/c16-15(17,18)13(10-11-6-2-1-3-7-11)20-14(21)12-8-4-5-9-19-12/h1-3,6-7,12-13,19H,4-5,8-10H2,(H,20,21). The summed E-state index contributed by atoms with van der Waals surface area (Å²) in [6.45, 7) is 0.674. The van der Waals surface area contributed by atoms with E-state index in [9.17, 15) is 18.0 Å². The molecule has 0 bridgehead atoms. The van der Waals surface area contributed by atoms with E-state index >= 15 is 0 Å². The zero-order valence-corrected chi connectivity index (χ0v) is 11.6. The molecule has 1 aromatic rings. The van der Waals surface area contributed by atoms with Crippen LogP contribution < -0.4 is 10.6 Å². The van der Waals surface area contributed by atoms with Gasteiger partial charge in [0.25, 0.3) is 0 Å². The molecule has 0 aliphatic carbocycles. The number of rotatable bonds is 4. The fourth-order valence-corrected chi connectivity index (χ4v) is 2.45. The SMILES string of the molecule is O=C(NC(Cc1ccccc1)C(F)(F)F)C1CCCCN1. The van der Waals surface area contributed by atoms with Crippen molar-refractivity contribution in [3.8, 4) is 0 Å². The largest absolute Gasteiger partial charge is 0.408 e. The van der Waals surface area contributed by atoms with E-state index in [0.717, 1.165) is 12.8 Å². The van der Waals surface area contributed by atoms with Crippen LogP contribution in [-0.4, -0.2) is 30.7 Å². The minimum atomic E-state index is -4.46. The molecule has 0 saturated carbocycles. The molecular weight excluding hydrogens is 281 g/mol. The van der Waals surface area contributed by atoms with Crippen molar-refractivity contribution in [1.29, 1.82) is 0 Å². The van der Waals surface area contributed by atoms with Crippen LogP contribution in [0.4, 0.5) is 13.2 Å². The molecule has 1 fully saturated rings. The first kappa shape index (κ1) is 15.8. The molecule has 116 valence electrons. The van der Waals surface area contributed by atoms with Gasteiger partial charge in [-0.3, -0.25) is 4.79 Å². The van der Waals surface area contributed by atoms with E-state index in [-0.39, 0.29) is 6.42 Å². The highest BCUT2D eigenvalue weighted by atomic mass is 19.4. The second-order valence-electron chi connectivity index (χ2n) is 5.30. The Morgan fingerprint density at radius 3 is 2.57 bits per heavy atom. The van der Waals surface area contributed by atoms with Gasteiger partial charge in [-0.05, 0) is 24.9 Å². The summed E-state index contributed by atoms with van der Waals surface area (Å²) in [6, 6.07) is 6.01. The van der Waals surface area contributed by atoms with Crippen LogP contribution in [0.25, 0.3) is 0 Å². The third kappa shape index (κ3) is 4.74. The summed E-state index contributed by atoms with van der Waals surface area (Å²) in [7, 11) is 0. The van der Waals surface area contributed by atoms with Crippen LogP contribution in [0.3, 0.4) is 0 Å². The lowest BCUT2D eigenvalue weighted by Crippen LogP contribution is -2.54. The Kier molecular flexibility index (Phi) is 5.22. The molecule has 1 aromatic carbocycles. The molecule has 1 saturated heterocycles. The molecule has 3 nitrogen and oxygen atoms in total. The van der Waals surface area contributed by atoms with Crippen LogP contribution in [0.15, 0.2) is 30.3 Å². The second kappa shape index (κ2) is 6.93. The number of halogens is 3. The number of piperidine rings is 1. The van der Waals surface area contributed by atoms with Crippen molar-refractivity contribution in [1.82, 2.24) is 10.6 Å². The van der Waals surface area contributed by atoms with Crippen molar-refractivity contribution >= 4 is 5.91 Å². The first-order valence-corrected chi connectivity index (χ1v) is 7.11. The van der Waals surface area contributed by atoms with Crippen molar-refractivity contribution in [3.63, 3.8) is 0 Å². The maximum absolute atomic E-state index is 13.1. The Morgan fingerprint density at radius 1 is 1.29 bits per heavy atom. The number of nitrogens with one attached hydrogen (secondary N) is 2. The minimum absolute atomic E-state index is 0.247. The van der Waals surface area contributed by atoms with Gasteiger partial charge in [-0.25, -0.2) is 0 Å². The normalized spacial score (nSPS) is 20.8. The highest BCUT2D eigenvalue weighted by Crippen LogP contribution is 2.23. The van der Waals surface area contributed by atoms with Crippen LogP contribution in [0.1, 0.15) is 24.8 Å². The van der Waals surface area contributed by atoms with Crippen molar-refractivity contribution in [2.75, 3.05) is 6.54 Å². The zero-order chi connectivity index (χ0) is 15.3. The number of carbonyl (C=O) groups excluding carboxylic acids is 1. The average Bonchev–Trinajstić information content (AvgIpc) is 2.47. The molecule has 6 heteroatoms. The average molecular weight is 300 g/mol. The first-order chi connectivity index (χ1) is 9.97. The highest BCUT2D eigenvalue weighted by Gasteiger charge is 2.41. The molecular formula is C15H19F3N2O. The lowest BCUT2D eigenvalue weighted by atomic mass is 10.0. The third-order valence-electron chi connectivity index (χ3n) is 3.62. The summed E-state index contributed by atoms with van der Waals surface area (Å²) in [4.78, 5) is 12.0. The van der Waals surface area contributed by atoms with Gasteiger partial charge in [-0.1, -0.05) is 36.8 Å². The van der Waals surface area contributed by atoms with E-state index in [4.69, 9.17) is 0 Å². The summed E-state index contributed by atoms with van der Waals surface area (Å²) in [6.07, 6.45) is -2.30. The van der Waals surface area contributed by atoms with Gasteiger partial charge in [0.05, 0.1) is 6.04 Å². The molecule has 1 aliphatic heterocycles. The van der Waals surface area contributed by atoms with Gasteiger partial charge in [-0.15, -0.1) is 0 Å². The Bertz CT molecular complexity index is 456. The number of hydrogen-bond acceptors (Lipinski definition) is 2. The molecule has 0 aromatic heterocycles. The minimum Gasteiger partial charge on any atom is -0.343 e. The lowest BCUT2D eigenvalue weighted by Gasteiger charge is -2.27. The Balaban J connectivity index is 2.01. The number of alkyl halides is 3. The first-order valence-electron chi connectivity index (χ1n) is 7.11. The van der Waals surface area contributed by atoms with Crippen LogP contribution in [-0.2, 0) is 11.2 Å². The van der Waals surface area contributed by atoms with Crippen LogP contribution in [0, 0.1) is 0 Å². The molecule has 1 heterocycles. The van der Waals surface area contributed by atoms with Crippen molar-refractivity contribution < 1.29 is 18.0 Å². The predicted octanol–water partition coefficient (Wildman–Crippen LogP) is 2.42. The van der Waals surface area contributed by atoms with E-state index < -0.39 is 24.2 Å². The molecule has 21 heavy (non-hydrogen) atoms. The van der Waals surface area contributed by atoms with Gasteiger partial charge < -0.3 is 10.6 Å². The maximum atomic E-state index is 13.1. The van der Waals surface area contributed by atoms with E-state index in [1.807, 2.05) is 0 Å². The summed E-state index contributed by atoms with van der Waals surface area (Å²) in [5.41, 5.74) is 0.553. The number of carbonyl (C=O) groups is 1. The Hall–Kier alpha value is -1.56. The molecule has 2 atom stereocenters. The van der Waals surface area contributed by atoms with Crippen LogP contribution >= 0.6 is 0 Å². The van der Waals surface area contributed by atoms with Crippen LogP contribution in [0.2, 0.25) is 0 Å². The Morgan fingerprint density at radius 2 is 2.00 bits per heavy atom. The fraction of sp³-hybridized carbons (Fsp3) is 0.533.